The Hall–Kier alpha value is 0.0969. The van der Waals surface area contributed by atoms with Gasteiger partial charge in [0.05, 0.1) is 0 Å². The normalized spacial score (nSPS) is 15.8. The Bertz CT molecular complexity index is 119. The Morgan fingerprint density at radius 3 is 1.80 bits per heavy atom. The first-order chi connectivity index (χ1) is 7.28. The van der Waals surface area contributed by atoms with Crippen molar-refractivity contribution < 1.29 is 13.3 Å². The zero-order chi connectivity index (χ0) is 11.5. The molecule has 92 valence electrons. The van der Waals surface area contributed by atoms with Crippen molar-refractivity contribution in [2.75, 3.05) is 21.3 Å². The van der Waals surface area contributed by atoms with E-state index < -0.39 is 9.53 Å². The number of hydrogen-bond acceptors (Lipinski definition) is 3. The highest BCUT2D eigenvalue weighted by atomic mass is 28.3. The zero-order valence-corrected chi connectivity index (χ0v) is 11.8. The maximum absolute atomic E-state index is 4.74. The van der Waals surface area contributed by atoms with Crippen molar-refractivity contribution in [2.45, 2.75) is 45.4 Å². The Labute approximate surface area is 96.1 Å². The molecule has 0 N–H and O–H groups in total. The molecule has 0 atom stereocenters. The van der Waals surface area contributed by atoms with Gasteiger partial charge in [-0.1, -0.05) is 45.4 Å². The van der Waals surface area contributed by atoms with Crippen LogP contribution in [0.2, 0.25) is 0 Å². The lowest BCUT2D eigenvalue weighted by atomic mass is 9.82. The van der Waals surface area contributed by atoms with Crippen LogP contribution >= 0.6 is 0 Å². The lowest BCUT2D eigenvalue weighted by Crippen LogP contribution is -2.21. The molecule has 0 aliphatic heterocycles. The second kappa shape index (κ2) is 10.6. The van der Waals surface area contributed by atoms with Crippen molar-refractivity contribution in [3.8, 4) is 0 Å². The van der Waals surface area contributed by atoms with E-state index in [9.17, 15) is 0 Å². The van der Waals surface area contributed by atoms with Crippen LogP contribution in [0, 0.1) is 5.92 Å². The van der Waals surface area contributed by atoms with Crippen molar-refractivity contribution in [1.29, 1.82) is 0 Å². The molecule has 0 unspecified atom stereocenters. The molecule has 3 nitrogen and oxygen atoms in total. The van der Waals surface area contributed by atoms with Crippen molar-refractivity contribution in [2.24, 2.45) is 5.92 Å². The van der Waals surface area contributed by atoms with Gasteiger partial charge in [0.15, 0.2) is 0 Å². The van der Waals surface area contributed by atoms with E-state index in [1.165, 1.54) is 38.5 Å². The fourth-order valence-electron chi connectivity index (χ4n) is 1.56. The highest BCUT2D eigenvalue weighted by molar-refractivity contribution is 6.36. The molecule has 0 aromatic rings. The Morgan fingerprint density at radius 1 is 1.07 bits per heavy atom. The minimum atomic E-state index is -1.67. The molecule has 1 aliphatic carbocycles. The molecule has 0 amide bonds. The van der Waals surface area contributed by atoms with Crippen LogP contribution in [-0.2, 0) is 13.3 Å². The molecule has 4 heteroatoms. The second-order valence-electron chi connectivity index (χ2n) is 3.93. The molecule has 0 bridgehead atoms. The highest BCUT2D eigenvalue weighted by Gasteiger charge is 2.15. The molecule has 1 rings (SSSR count). The van der Waals surface area contributed by atoms with Gasteiger partial charge >= 0.3 is 9.53 Å². The van der Waals surface area contributed by atoms with E-state index in [1.807, 2.05) is 0 Å². The molecule has 0 saturated heterocycles. The SMILES string of the molecule is CCCCC1CCC1.CO[SiH](OC)OC. The number of hydrogen-bond donors (Lipinski definition) is 0. The van der Waals surface area contributed by atoms with Crippen LogP contribution in [-0.4, -0.2) is 30.9 Å². The Kier molecular flexibility index (Phi) is 10.7. The lowest BCUT2D eigenvalue weighted by molar-refractivity contribution is 0.163. The molecular formula is C11H26O3Si. The van der Waals surface area contributed by atoms with E-state index in [0.29, 0.717) is 0 Å². The molecule has 0 aromatic carbocycles. The van der Waals surface area contributed by atoms with Gasteiger partial charge in [-0.15, -0.1) is 0 Å². The molecule has 1 saturated carbocycles. The number of rotatable bonds is 6. The van der Waals surface area contributed by atoms with Gasteiger partial charge in [0, 0.05) is 21.3 Å². The van der Waals surface area contributed by atoms with Gasteiger partial charge in [-0.05, 0) is 5.92 Å². The summed E-state index contributed by atoms with van der Waals surface area (Å²) in [6.45, 7) is 2.28. The van der Waals surface area contributed by atoms with E-state index in [4.69, 9.17) is 13.3 Å². The summed E-state index contributed by atoms with van der Waals surface area (Å²) >= 11 is 0. The van der Waals surface area contributed by atoms with E-state index in [-0.39, 0.29) is 0 Å². The van der Waals surface area contributed by atoms with Gasteiger partial charge in [-0.25, -0.2) is 0 Å². The summed E-state index contributed by atoms with van der Waals surface area (Å²) in [4.78, 5) is 0. The molecule has 1 aliphatic rings. The third-order valence-corrected chi connectivity index (χ3v) is 3.92. The van der Waals surface area contributed by atoms with Gasteiger partial charge in [0.25, 0.3) is 0 Å². The highest BCUT2D eigenvalue weighted by Crippen LogP contribution is 2.30. The van der Waals surface area contributed by atoms with Crippen molar-refractivity contribution in [3.63, 3.8) is 0 Å². The first-order valence-electron chi connectivity index (χ1n) is 5.86. The van der Waals surface area contributed by atoms with Crippen LogP contribution in [0.1, 0.15) is 45.4 Å². The minimum Gasteiger partial charge on any atom is -0.379 e. The van der Waals surface area contributed by atoms with Gasteiger partial charge in [0.1, 0.15) is 0 Å². The number of unbranched alkanes of at least 4 members (excludes halogenated alkanes) is 1. The van der Waals surface area contributed by atoms with Gasteiger partial charge in [0.2, 0.25) is 0 Å². The quantitative estimate of drug-likeness (QED) is 0.661. The smallest absolute Gasteiger partial charge is 0.379 e. The van der Waals surface area contributed by atoms with Crippen molar-refractivity contribution in [1.82, 2.24) is 0 Å². The summed E-state index contributed by atoms with van der Waals surface area (Å²) in [6.07, 6.45) is 8.92. The van der Waals surface area contributed by atoms with Crippen LogP contribution in [0.4, 0.5) is 0 Å². The summed E-state index contributed by atoms with van der Waals surface area (Å²) in [5, 5.41) is 0. The van der Waals surface area contributed by atoms with Crippen molar-refractivity contribution >= 4 is 9.53 Å². The Balaban J connectivity index is 0.000000265. The summed E-state index contributed by atoms with van der Waals surface area (Å²) in [7, 11) is 3.05. The van der Waals surface area contributed by atoms with Crippen LogP contribution in [0.3, 0.4) is 0 Å². The molecule has 0 radical (unpaired) electrons. The van der Waals surface area contributed by atoms with Crippen LogP contribution < -0.4 is 0 Å². The van der Waals surface area contributed by atoms with Crippen molar-refractivity contribution in [3.05, 3.63) is 0 Å². The maximum atomic E-state index is 4.74. The fraction of sp³-hybridized carbons (Fsp3) is 1.00. The monoisotopic (exact) mass is 234 g/mol. The van der Waals surface area contributed by atoms with E-state index in [0.717, 1.165) is 5.92 Å². The van der Waals surface area contributed by atoms with E-state index >= 15 is 0 Å². The average molecular weight is 234 g/mol. The molecular weight excluding hydrogens is 208 g/mol. The first-order valence-corrected chi connectivity index (χ1v) is 7.28. The lowest BCUT2D eigenvalue weighted by Gasteiger charge is -2.24. The van der Waals surface area contributed by atoms with Crippen LogP contribution in [0.5, 0.6) is 0 Å². The third kappa shape index (κ3) is 7.96. The summed E-state index contributed by atoms with van der Waals surface area (Å²) < 4.78 is 14.2. The topological polar surface area (TPSA) is 27.7 Å². The van der Waals surface area contributed by atoms with Crippen LogP contribution in [0.15, 0.2) is 0 Å². The molecule has 0 spiro atoms. The molecule has 0 aromatic heterocycles. The average Bonchev–Trinajstić information content (AvgIpc) is 2.20. The predicted molar refractivity (Wildman–Crippen MR) is 65.0 cm³/mol. The molecule has 15 heavy (non-hydrogen) atoms. The first kappa shape index (κ1) is 15.1. The molecule has 0 heterocycles. The standard InChI is InChI=1S/C8H16.C3H10O3Si/c1-2-3-5-8-6-4-7-8;1-4-7(5-2)6-3/h8H,2-7H2,1H3;7H,1-3H3. The van der Waals surface area contributed by atoms with Gasteiger partial charge in [-0.2, -0.15) is 0 Å². The van der Waals surface area contributed by atoms with E-state index in [1.54, 1.807) is 21.3 Å². The Morgan fingerprint density at radius 2 is 1.60 bits per heavy atom. The minimum absolute atomic E-state index is 1.13. The maximum Gasteiger partial charge on any atom is 0.483 e. The van der Waals surface area contributed by atoms with Gasteiger partial charge < -0.3 is 13.3 Å². The summed E-state index contributed by atoms with van der Waals surface area (Å²) in [5.41, 5.74) is 0. The van der Waals surface area contributed by atoms with Crippen LogP contribution in [0.25, 0.3) is 0 Å². The second-order valence-corrected chi connectivity index (χ2v) is 5.93. The van der Waals surface area contributed by atoms with Gasteiger partial charge in [-0.3, -0.25) is 0 Å². The summed E-state index contributed by atoms with van der Waals surface area (Å²) in [5.74, 6) is 1.13. The summed E-state index contributed by atoms with van der Waals surface area (Å²) in [6, 6.07) is 0. The fourth-order valence-corrected chi connectivity index (χ4v) is 2.14. The van der Waals surface area contributed by atoms with E-state index in [2.05, 4.69) is 6.92 Å². The third-order valence-electron chi connectivity index (χ3n) is 2.77. The molecule has 1 fully saturated rings. The predicted octanol–water partition coefficient (Wildman–Crippen LogP) is 2.62. The zero-order valence-electron chi connectivity index (χ0n) is 10.6. The largest absolute Gasteiger partial charge is 0.483 e.